The standard InChI is InChI=1S/C19H21F2N3O5S/c1-19(14-8-11(20)2-5-15(14)21)17(26)23(18(27)22-19)9-16(25)24(12-3-4-12)13-6-7-30(28,29)10-13/h2,5,8,12-13H,3-4,6-7,9-10H2,1H3,(H,22,27)/t13-,19+/m0/s1. The van der Waals surface area contributed by atoms with Crippen LogP contribution in [0.2, 0.25) is 0 Å². The molecular formula is C19H21F2N3O5S. The second kappa shape index (κ2) is 7.00. The van der Waals surface area contributed by atoms with Crippen molar-refractivity contribution < 1.29 is 31.6 Å². The zero-order chi connectivity index (χ0) is 21.8. The van der Waals surface area contributed by atoms with E-state index in [2.05, 4.69) is 5.32 Å². The number of benzene rings is 1. The van der Waals surface area contributed by atoms with Gasteiger partial charge in [-0.05, 0) is 44.4 Å². The number of nitrogens with zero attached hydrogens (tertiary/aromatic N) is 2. The van der Waals surface area contributed by atoms with E-state index in [0.29, 0.717) is 11.3 Å². The fourth-order valence-electron chi connectivity index (χ4n) is 4.17. The summed E-state index contributed by atoms with van der Waals surface area (Å²) < 4.78 is 51.5. The maximum absolute atomic E-state index is 14.3. The quantitative estimate of drug-likeness (QED) is 0.684. The highest BCUT2D eigenvalue weighted by Gasteiger charge is 2.52. The molecule has 30 heavy (non-hydrogen) atoms. The van der Waals surface area contributed by atoms with Gasteiger partial charge in [-0.3, -0.25) is 14.5 Å². The minimum absolute atomic E-state index is 0.00574. The number of halogens is 2. The molecule has 0 unspecified atom stereocenters. The Kier molecular flexibility index (Phi) is 4.83. The molecule has 1 saturated carbocycles. The SMILES string of the molecule is C[C@]1(c2cc(F)ccc2F)NC(=O)N(CC(=O)N(C2CC2)[C@H]2CCS(=O)(=O)C2)C1=O. The largest absolute Gasteiger partial charge is 0.334 e. The Morgan fingerprint density at radius 1 is 1.23 bits per heavy atom. The summed E-state index contributed by atoms with van der Waals surface area (Å²) in [5, 5.41) is 2.35. The Morgan fingerprint density at radius 3 is 2.53 bits per heavy atom. The van der Waals surface area contributed by atoms with Crippen molar-refractivity contribution in [2.45, 2.75) is 43.8 Å². The number of hydrogen-bond acceptors (Lipinski definition) is 5. The molecule has 1 N–H and O–H groups in total. The molecule has 0 spiro atoms. The second-order valence-corrected chi connectivity index (χ2v) is 10.4. The van der Waals surface area contributed by atoms with Gasteiger partial charge in [0, 0.05) is 17.6 Å². The minimum Gasteiger partial charge on any atom is -0.334 e. The Hall–Kier alpha value is -2.56. The topological polar surface area (TPSA) is 104 Å². The monoisotopic (exact) mass is 441 g/mol. The fourth-order valence-corrected chi connectivity index (χ4v) is 5.88. The predicted molar refractivity (Wildman–Crippen MR) is 101 cm³/mol. The summed E-state index contributed by atoms with van der Waals surface area (Å²) in [6.45, 7) is 0.655. The van der Waals surface area contributed by atoms with Gasteiger partial charge >= 0.3 is 6.03 Å². The van der Waals surface area contributed by atoms with Gasteiger partial charge in [0.25, 0.3) is 5.91 Å². The van der Waals surface area contributed by atoms with Crippen LogP contribution in [0.4, 0.5) is 13.6 Å². The summed E-state index contributed by atoms with van der Waals surface area (Å²) in [7, 11) is -3.22. The number of sulfone groups is 1. The third kappa shape index (κ3) is 3.55. The summed E-state index contributed by atoms with van der Waals surface area (Å²) >= 11 is 0. The number of hydrogen-bond donors (Lipinski definition) is 1. The van der Waals surface area contributed by atoms with Gasteiger partial charge in [-0.1, -0.05) is 0 Å². The van der Waals surface area contributed by atoms with E-state index in [-0.39, 0.29) is 23.1 Å². The minimum atomic E-state index is -3.22. The molecule has 1 aromatic carbocycles. The van der Waals surface area contributed by atoms with Gasteiger partial charge < -0.3 is 10.2 Å². The third-order valence-corrected chi connectivity index (χ3v) is 7.62. The van der Waals surface area contributed by atoms with Crippen molar-refractivity contribution in [2.75, 3.05) is 18.1 Å². The van der Waals surface area contributed by atoms with Crippen LogP contribution in [0.3, 0.4) is 0 Å². The highest BCUT2D eigenvalue weighted by molar-refractivity contribution is 7.91. The number of urea groups is 1. The van der Waals surface area contributed by atoms with Crippen LogP contribution >= 0.6 is 0 Å². The van der Waals surface area contributed by atoms with E-state index in [0.717, 1.165) is 31.0 Å². The van der Waals surface area contributed by atoms with Crippen molar-refractivity contribution in [1.29, 1.82) is 0 Å². The van der Waals surface area contributed by atoms with Gasteiger partial charge in [0.05, 0.1) is 11.5 Å². The Labute approximate surface area is 172 Å². The number of rotatable bonds is 5. The smallest absolute Gasteiger partial charge is 0.325 e. The van der Waals surface area contributed by atoms with Crippen LogP contribution in [-0.4, -0.2) is 66.2 Å². The molecule has 2 atom stereocenters. The molecule has 0 aromatic heterocycles. The molecule has 1 aromatic rings. The Balaban J connectivity index is 1.56. The van der Waals surface area contributed by atoms with E-state index in [1.54, 1.807) is 0 Å². The van der Waals surface area contributed by atoms with Crippen molar-refractivity contribution in [1.82, 2.24) is 15.1 Å². The highest BCUT2D eigenvalue weighted by atomic mass is 32.2. The van der Waals surface area contributed by atoms with Crippen LogP contribution < -0.4 is 5.32 Å². The van der Waals surface area contributed by atoms with Crippen LogP contribution in [0.1, 0.15) is 31.7 Å². The summed E-state index contributed by atoms with van der Waals surface area (Å²) in [6.07, 6.45) is 1.78. The number of carbonyl (C=O) groups excluding carboxylic acids is 3. The summed E-state index contributed by atoms with van der Waals surface area (Å²) in [6, 6.07) is 1.10. The number of carbonyl (C=O) groups is 3. The summed E-state index contributed by atoms with van der Waals surface area (Å²) in [5.74, 6) is -3.19. The van der Waals surface area contributed by atoms with Crippen molar-refractivity contribution in [3.63, 3.8) is 0 Å². The Bertz CT molecular complexity index is 1040. The van der Waals surface area contributed by atoms with E-state index >= 15 is 0 Å². The fraction of sp³-hybridized carbons (Fsp3) is 0.526. The van der Waals surface area contributed by atoms with Gasteiger partial charge in [-0.25, -0.2) is 22.0 Å². The molecule has 1 aliphatic carbocycles. The predicted octanol–water partition coefficient (Wildman–Crippen LogP) is 0.910. The average molecular weight is 441 g/mol. The maximum Gasteiger partial charge on any atom is 0.325 e. The van der Waals surface area contributed by atoms with Crippen LogP contribution in [-0.2, 0) is 25.0 Å². The van der Waals surface area contributed by atoms with E-state index in [1.165, 1.54) is 11.8 Å². The van der Waals surface area contributed by atoms with Crippen molar-refractivity contribution in [3.8, 4) is 0 Å². The number of imide groups is 1. The van der Waals surface area contributed by atoms with Crippen LogP contribution in [0.5, 0.6) is 0 Å². The van der Waals surface area contributed by atoms with Gasteiger partial charge in [0.1, 0.15) is 23.7 Å². The molecule has 2 aliphatic heterocycles. The molecule has 162 valence electrons. The molecule has 3 aliphatic rings. The molecule has 4 amide bonds. The van der Waals surface area contributed by atoms with Crippen LogP contribution in [0, 0.1) is 11.6 Å². The lowest BCUT2D eigenvalue weighted by Gasteiger charge is -2.30. The van der Waals surface area contributed by atoms with Crippen LogP contribution in [0.25, 0.3) is 0 Å². The summed E-state index contributed by atoms with van der Waals surface area (Å²) in [5.41, 5.74) is -2.19. The molecule has 4 rings (SSSR count). The normalized spacial score (nSPS) is 28.0. The molecule has 2 saturated heterocycles. The van der Waals surface area contributed by atoms with Gasteiger partial charge in [0.15, 0.2) is 9.84 Å². The van der Waals surface area contributed by atoms with Gasteiger partial charge in [-0.2, -0.15) is 0 Å². The molecule has 11 heteroatoms. The summed E-state index contributed by atoms with van der Waals surface area (Å²) in [4.78, 5) is 40.5. The first-order chi connectivity index (χ1) is 14.0. The number of amides is 4. The van der Waals surface area contributed by atoms with Crippen LogP contribution in [0.15, 0.2) is 18.2 Å². The second-order valence-electron chi connectivity index (χ2n) is 8.16. The molecule has 0 bridgehead atoms. The van der Waals surface area contributed by atoms with Crippen molar-refractivity contribution in [2.24, 2.45) is 0 Å². The molecular weight excluding hydrogens is 420 g/mol. The average Bonchev–Trinajstić information content (AvgIpc) is 3.39. The first-order valence-electron chi connectivity index (χ1n) is 9.63. The lowest BCUT2D eigenvalue weighted by Crippen LogP contribution is -2.49. The molecule has 0 radical (unpaired) electrons. The lowest BCUT2D eigenvalue weighted by atomic mass is 9.91. The van der Waals surface area contributed by atoms with E-state index < -0.39 is 57.4 Å². The first kappa shape index (κ1) is 20.7. The van der Waals surface area contributed by atoms with E-state index in [9.17, 15) is 31.6 Å². The maximum atomic E-state index is 14.3. The van der Waals surface area contributed by atoms with Crippen molar-refractivity contribution >= 4 is 27.7 Å². The third-order valence-electron chi connectivity index (χ3n) is 5.87. The number of nitrogens with one attached hydrogen (secondary N) is 1. The zero-order valence-corrected chi connectivity index (χ0v) is 17.0. The molecule has 8 nitrogen and oxygen atoms in total. The van der Waals surface area contributed by atoms with Crippen molar-refractivity contribution in [3.05, 3.63) is 35.4 Å². The van der Waals surface area contributed by atoms with E-state index in [4.69, 9.17) is 0 Å². The molecule has 2 heterocycles. The van der Waals surface area contributed by atoms with Gasteiger partial charge in [-0.15, -0.1) is 0 Å². The lowest BCUT2D eigenvalue weighted by molar-refractivity contribution is -0.140. The first-order valence-corrected chi connectivity index (χ1v) is 11.5. The van der Waals surface area contributed by atoms with E-state index in [1.807, 2.05) is 0 Å². The highest BCUT2D eigenvalue weighted by Crippen LogP contribution is 2.34. The van der Waals surface area contributed by atoms with Gasteiger partial charge in [0.2, 0.25) is 5.91 Å². The molecule has 3 fully saturated rings. The zero-order valence-electron chi connectivity index (χ0n) is 16.2. The Morgan fingerprint density at radius 2 is 1.93 bits per heavy atom.